The van der Waals surface area contributed by atoms with E-state index in [-0.39, 0.29) is 17.7 Å². The predicted molar refractivity (Wildman–Crippen MR) is 64.3 cm³/mol. The van der Waals surface area contributed by atoms with Crippen molar-refractivity contribution in [2.45, 2.75) is 25.9 Å². The molecule has 1 saturated heterocycles. The van der Waals surface area contributed by atoms with E-state index in [4.69, 9.17) is 5.26 Å². The second kappa shape index (κ2) is 4.35. The molecule has 2 rings (SSSR count). The van der Waals surface area contributed by atoms with Crippen molar-refractivity contribution in [2.24, 2.45) is 0 Å². The fourth-order valence-corrected chi connectivity index (χ4v) is 1.88. The van der Waals surface area contributed by atoms with Gasteiger partial charge in [-0.3, -0.25) is 10.1 Å². The number of nitriles is 1. The summed E-state index contributed by atoms with van der Waals surface area (Å²) in [6, 6.07) is 5.32. The van der Waals surface area contributed by atoms with Crippen molar-refractivity contribution < 1.29 is 14.0 Å². The van der Waals surface area contributed by atoms with Crippen LogP contribution in [-0.2, 0) is 11.3 Å². The first kappa shape index (κ1) is 13.0. The lowest BCUT2D eigenvalue weighted by atomic mass is 10.0. The van der Waals surface area contributed by atoms with Gasteiger partial charge in [-0.15, -0.1) is 0 Å². The van der Waals surface area contributed by atoms with Crippen molar-refractivity contribution in [1.29, 1.82) is 5.26 Å². The van der Waals surface area contributed by atoms with Crippen LogP contribution in [0, 0.1) is 17.1 Å². The molecule has 1 aliphatic rings. The number of carbonyl (C=O) groups is 2. The number of carbonyl (C=O) groups excluding carboxylic acids is 2. The molecule has 0 aliphatic carbocycles. The number of imide groups is 1. The Hall–Kier alpha value is -2.42. The Morgan fingerprint density at radius 1 is 1.42 bits per heavy atom. The lowest BCUT2D eigenvalue weighted by molar-refractivity contribution is -0.125. The third-order valence-corrected chi connectivity index (χ3v) is 3.21. The maximum atomic E-state index is 13.8. The molecule has 6 heteroatoms. The summed E-state index contributed by atoms with van der Waals surface area (Å²) in [5, 5.41) is 10.9. The number of nitrogens with one attached hydrogen (secondary N) is 1. The first-order valence-electron chi connectivity index (χ1n) is 5.68. The zero-order valence-corrected chi connectivity index (χ0v) is 10.5. The molecule has 0 atom stereocenters. The largest absolute Gasteiger partial charge is 0.325 e. The molecule has 0 aromatic heterocycles. The van der Waals surface area contributed by atoms with Crippen LogP contribution < -0.4 is 5.32 Å². The van der Waals surface area contributed by atoms with Crippen molar-refractivity contribution in [3.63, 3.8) is 0 Å². The van der Waals surface area contributed by atoms with Crippen molar-refractivity contribution in [1.82, 2.24) is 10.2 Å². The Morgan fingerprint density at radius 2 is 2.11 bits per heavy atom. The van der Waals surface area contributed by atoms with E-state index in [0.717, 1.165) is 6.07 Å². The molecule has 0 bridgehead atoms. The SMILES string of the molecule is CC1(C)C(=O)NC(=O)N1Cc1ccc(C#N)cc1F. The van der Waals surface area contributed by atoms with Crippen LogP contribution in [0.5, 0.6) is 0 Å². The summed E-state index contributed by atoms with van der Waals surface area (Å²) in [6.45, 7) is 3.16. The van der Waals surface area contributed by atoms with Gasteiger partial charge in [-0.25, -0.2) is 9.18 Å². The first-order valence-corrected chi connectivity index (χ1v) is 5.68. The van der Waals surface area contributed by atoms with E-state index in [0.29, 0.717) is 0 Å². The maximum Gasteiger partial charge on any atom is 0.325 e. The second-order valence-corrected chi connectivity index (χ2v) is 4.82. The quantitative estimate of drug-likeness (QED) is 0.820. The average molecular weight is 261 g/mol. The average Bonchev–Trinajstić information content (AvgIpc) is 2.54. The van der Waals surface area contributed by atoms with E-state index in [2.05, 4.69) is 5.32 Å². The Balaban J connectivity index is 2.29. The summed E-state index contributed by atoms with van der Waals surface area (Å²) in [5.74, 6) is -0.978. The van der Waals surface area contributed by atoms with E-state index < -0.39 is 23.3 Å². The van der Waals surface area contributed by atoms with E-state index >= 15 is 0 Å². The summed E-state index contributed by atoms with van der Waals surface area (Å²) < 4.78 is 13.8. The van der Waals surface area contributed by atoms with E-state index in [1.54, 1.807) is 13.8 Å². The third-order valence-electron chi connectivity index (χ3n) is 3.21. The zero-order valence-electron chi connectivity index (χ0n) is 10.5. The van der Waals surface area contributed by atoms with Gasteiger partial charge in [-0.2, -0.15) is 5.26 Å². The van der Waals surface area contributed by atoms with Gasteiger partial charge < -0.3 is 4.90 Å². The number of hydrogen-bond acceptors (Lipinski definition) is 3. The van der Waals surface area contributed by atoms with E-state index in [9.17, 15) is 14.0 Å². The fourth-order valence-electron chi connectivity index (χ4n) is 1.88. The van der Waals surface area contributed by atoms with Crippen LogP contribution in [-0.4, -0.2) is 22.4 Å². The van der Waals surface area contributed by atoms with Crippen molar-refractivity contribution in [2.75, 3.05) is 0 Å². The molecule has 1 aliphatic heterocycles. The number of benzene rings is 1. The second-order valence-electron chi connectivity index (χ2n) is 4.82. The lowest BCUT2D eigenvalue weighted by Gasteiger charge is -2.28. The first-order chi connectivity index (χ1) is 8.86. The van der Waals surface area contributed by atoms with Gasteiger partial charge in [0, 0.05) is 5.56 Å². The molecule has 0 unspecified atom stereocenters. The van der Waals surface area contributed by atoms with Gasteiger partial charge in [0.2, 0.25) is 0 Å². The highest BCUT2D eigenvalue weighted by atomic mass is 19.1. The maximum absolute atomic E-state index is 13.8. The van der Waals surface area contributed by atoms with E-state index in [1.807, 2.05) is 6.07 Å². The summed E-state index contributed by atoms with van der Waals surface area (Å²) >= 11 is 0. The molecule has 3 amide bonds. The molecule has 0 radical (unpaired) electrons. The third kappa shape index (κ3) is 2.15. The number of amides is 3. The molecule has 19 heavy (non-hydrogen) atoms. The Bertz CT molecular complexity index is 604. The van der Waals surface area contributed by atoms with Crippen molar-refractivity contribution in [3.05, 3.63) is 35.1 Å². The minimum absolute atomic E-state index is 0.0257. The minimum atomic E-state index is -1.02. The van der Waals surface area contributed by atoms with Crippen LogP contribution in [0.1, 0.15) is 25.0 Å². The van der Waals surface area contributed by atoms with Crippen LogP contribution >= 0.6 is 0 Å². The molecular formula is C13H12FN3O2. The number of hydrogen-bond donors (Lipinski definition) is 1. The van der Waals surface area contributed by atoms with Gasteiger partial charge in [0.05, 0.1) is 18.2 Å². The van der Waals surface area contributed by atoms with Gasteiger partial charge in [-0.1, -0.05) is 6.07 Å². The smallest absolute Gasteiger partial charge is 0.306 e. The van der Waals surface area contributed by atoms with Crippen LogP contribution in [0.2, 0.25) is 0 Å². The number of rotatable bonds is 2. The van der Waals surface area contributed by atoms with Gasteiger partial charge in [0.1, 0.15) is 11.4 Å². The monoisotopic (exact) mass is 261 g/mol. The number of halogens is 1. The molecule has 0 spiro atoms. The predicted octanol–water partition coefficient (Wildman–Crippen LogP) is 1.53. The minimum Gasteiger partial charge on any atom is -0.306 e. The lowest BCUT2D eigenvalue weighted by Crippen LogP contribution is -2.43. The highest BCUT2D eigenvalue weighted by Gasteiger charge is 2.45. The highest BCUT2D eigenvalue weighted by molar-refractivity contribution is 6.06. The summed E-state index contributed by atoms with van der Waals surface area (Å²) in [5.41, 5.74) is -0.545. The van der Waals surface area contributed by atoms with Gasteiger partial charge >= 0.3 is 6.03 Å². The topological polar surface area (TPSA) is 73.2 Å². The molecule has 0 saturated carbocycles. The standard InChI is InChI=1S/C13H12FN3O2/c1-13(2)11(18)16-12(19)17(13)7-9-4-3-8(6-15)5-10(9)14/h3-5H,7H2,1-2H3,(H,16,18,19). The summed E-state index contributed by atoms with van der Waals surface area (Å²) in [4.78, 5) is 24.5. The fraction of sp³-hybridized carbons (Fsp3) is 0.308. The van der Waals surface area contributed by atoms with Crippen LogP contribution in [0.25, 0.3) is 0 Å². The summed E-state index contributed by atoms with van der Waals surface area (Å²) in [7, 11) is 0. The Kier molecular flexibility index (Phi) is 2.98. The molecule has 5 nitrogen and oxygen atoms in total. The molecule has 98 valence electrons. The number of nitrogens with zero attached hydrogens (tertiary/aromatic N) is 2. The van der Waals surface area contributed by atoms with Crippen molar-refractivity contribution in [3.8, 4) is 6.07 Å². The molecule has 1 heterocycles. The molecule has 1 aromatic carbocycles. The van der Waals surface area contributed by atoms with Crippen LogP contribution in [0.4, 0.5) is 9.18 Å². The molecular weight excluding hydrogens is 249 g/mol. The molecule has 1 fully saturated rings. The van der Waals surface area contributed by atoms with Gasteiger partial charge in [0.15, 0.2) is 0 Å². The normalized spacial score (nSPS) is 17.3. The Morgan fingerprint density at radius 3 is 2.58 bits per heavy atom. The highest BCUT2D eigenvalue weighted by Crippen LogP contribution is 2.24. The van der Waals surface area contributed by atoms with E-state index in [1.165, 1.54) is 17.0 Å². The molecule has 1 N–H and O–H groups in total. The van der Waals surface area contributed by atoms with Crippen LogP contribution in [0.15, 0.2) is 18.2 Å². The van der Waals surface area contributed by atoms with Crippen LogP contribution in [0.3, 0.4) is 0 Å². The van der Waals surface area contributed by atoms with Gasteiger partial charge in [0.25, 0.3) is 5.91 Å². The van der Waals surface area contributed by atoms with Gasteiger partial charge in [-0.05, 0) is 26.0 Å². The Labute approximate surface area is 109 Å². The summed E-state index contributed by atoms with van der Waals surface area (Å²) in [6.07, 6.45) is 0. The number of urea groups is 1. The van der Waals surface area contributed by atoms with Crippen molar-refractivity contribution >= 4 is 11.9 Å². The molecule has 1 aromatic rings. The zero-order chi connectivity index (χ0) is 14.2.